The van der Waals surface area contributed by atoms with E-state index in [2.05, 4.69) is 16.8 Å². The molecule has 1 saturated heterocycles. The monoisotopic (exact) mass is 318 g/mol. The van der Waals surface area contributed by atoms with E-state index in [-0.39, 0.29) is 11.9 Å². The Balaban J connectivity index is 1.76. The SMILES string of the molecule is CC1CN(c2ccccc2Cl)C(=O)CN1Cc1nccn1C. The van der Waals surface area contributed by atoms with E-state index in [1.807, 2.05) is 42.1 Å². The predicted molar refractivity (Wildman–Crippen MR) is 86.9 cm³/mol. The van der Waals surface area contributed by atoms with Gasteiger partial charge in [-0.25, -0.2) is 4.98 Å². The number of halogens is 1. The molecule has 0 aliphatic carbocycles. The van der Waals surface area contributed by atoms with Crippen LogP contribution >= 0.6 is 11.6 Å². The first-order chi connectivity index (χ1) is 10.6. The van der Waals surface area contributed by atoms with Crippen LogP contribution in [-0.4, -0.2) is 39.5 Å². The number of hydrogen-bond acceptors (Lipinski definition) is 3. The Kier molecular flexibility index (Phi) is 4.18. The van der Waals surface area contributed by atoms with Crippen molar-refractivity contribution in [3.8, 4) is 0 Å². The Bertz CT molecular complexity index is 684. The smallest absolute Gasteiger partial charge is 0.241 e. The van der Waals surface area contributed by atoms with Crippen molar-refractivity contribution in [1.82, 2.24) is 14.5 Å². The number of hydrogen-bond donors (Lipinski definition) is 0. The summed E-state index contributed by atoms with van der Waals surface area (Å²) in [5, 5.41) is 0.612. The minimum atomic E-state index is 0.0698. The number of para-hydroxylation sites is 1. The quantitative estimate of drug-likeness (QED) is 0.872. The fraction of sp³-hybridized carbons (Fsp3) is 0.375. The lowest BCUT2D eigenvalue weighted by molar-refractivity contribution is -0.122. The fourth-order valence-corrected chi connectivity index (χ4v) is 2.98. The number of amides is 1. The van der Waals surface area contributed by atoms with Crippen LogP contribution in [0.4, 0.5) is 5.69 Å². The number of carbonyl (C=O) groups is 1. The van der Waals surface area contributed by atoms with E-state index in [1.54, 1.807) is 11.1 Å². The Hall–Kier alpha value is -1.85. The van der Waals surface area contributed by atoms with Crippen LogP contribution in [-0.2, 0) is 18.4 Å². The van der Waals surface area contributed by atoms with E-state index >= 15 is 0 Å². The van der Waals surface area contributed by atoms with Crippen molar-refractivity contribution in [3.63, 3.8) is 0 Å². The summed E-state index contributed by atoms with van der Waals surface area (Å²) < 4.78 is 1.98. The first-order valence-corrected chi connectivity index (χ1v) is 7.69. The fourth-order valence-electron chi connectivity index (χ4n) is 2.74. The molecule has 0 spiro atoms. The van der Waals surface area contributed by atoms with Gasteiger partial charge in [-0.2, -0.15) is 0 Å². The molecule has 1 atom stereocenters. The van der Waals surface area contributed by atoms with E-state index in [4.69, 9.17) is 11.6 Å². The maximum atomic E-state index is 12.5. The first-order valence-electron chi connectivity index (χ1n) is 7.31. The Morgan fingerprint density at radius 2 is 2.14 bits per heavy atom. The number of benzene rings is 1. The van der Waals surface area contributed by atoms with Gasteiger partial charge in [-0.1, -0.05) is 23.7 Å². The van der Waals surface area contributed by atoms with Crippen LogP contribution in [0, 0.1) is 0 Å². The van der Waals surface area contributed by atoms with E-state index < -0.39 is 0 Å². The highest BCUT2D eigenvalue weighted by atomic mass is 35.5. The third-order valence-corrected chi connectivity index (χ3v) is 4.44. The summed E-state index contributed by atoms with van der Waals surface area (Å²) >= 11 is 6.22. The number of aromatic nitrogens is 2. The van der Waals surface area contributed by atoms with Gasteiger partial charge < -0.3 is 9.47 Å². The second kappa shape index (κ2) is 6.10. The highest BCUT2D eigenvalue weighted by Crippen LogP contribution is 2.28. The number of anilines is 1. The summed E-state index contributed by atoms with van der Waals surface area (Å²) in [5.41, 5.74) is 0.789. The van der Waals surface area contributed by atoms with Crippen LogP contribution < -0.4 is 4.90 Å². The molecule has 1 amide bonds. The maximum absolute atomic E-state index is 12.5. The third kappa shape index (κ3) is 2.87. The van der Waals surface area contributed by atoms with Crippen molar-refractivity contribution in [2.24, 2.45) is 7.05 Å². The molecular weight excluding hydrogens is 300 g/mol. The zero-order valence-electron chi connectivity index (χ0n) is 12.7. The minimum absolute atomic E-state index is 0.0698. The van der Waals surface area contributed by atoms with Gasteiger partial charge in [0.1, 0.15) is 5.82 Å². The molecular formula is C16H19ClN4O. The van der Waals surface area contributed by atoms with Gasteiger partial charge in [0.25, 0.3) is 0 Å². The zero-order chi connectivity index (χ0) is 15.7. The number of carbonyl (C=O) groups excluding carboxylic acids is 1. The molecule has 2 heterocycles. The normalized spacial score (nSPS) is 19.7. The maximum Gasteiger partial charge on any atom is 0.241 e. The number of piperazine rings is 1. The second-order valence-electron chi connectivity index (χ2n) is 5.66. The molecule has 6 heteroatoms. The van der Waals surface area contributed by atoms with Crippen molar-refractivity contribution in [2.45, 2.75) is 19.5 Å². The molecule has 1 aromatic carbocycles. The molecule has 0 N–H and O–H groups in total. The molecule has 0 bridgehead atoms. The lowest BCUT2D eigenvalue weighted by atomic mass is 10.1. The number of imidazole rings is 1. The van der Waals surface area contributed by atoms with Crippen LogP contribution in [0.3, 0.4) is 0 Å². The van der Waals surface area contributed by atoms with E-state index in [1.165, 1.54) is 0 Å². The molecule has 1 aliphatic rings. The summed E-state index contributed by atoms with van der Waals surface area (Å²) in [5.74, 6) is 1.03. The minimum Gasteiger partial charge on any atom is -0.337 e. The molecule has 1 unspecified atom stereocenters. The molecule has 1 fully saturated rings. The second-order valence-corrected chi connectivity index (χ2v) is 6.07. The third-order valence-electron chi connectivity index (χ3n) is 4.12. The Morgan fingerprint density at radius 3 is 2.82 bits per heavy atom. The first kappa shape index (κ1) is 15.1. The van der Waals surface area contributed by atoms with E-state index in [0.29, 0.717) is 24.7 Å². The van der Waals surface area contributed by atoms with Gasteiger partial charge in [0.15, 0.2) is 0 Å². The number of nitrogens with zero attached hydrogens (tertiary/aromatic N) is 4. The molecule has 1 aliphatic heterocycles. The average molecular weight is 319 g/mol. The van der Waals surface area contributed by atoms with Crippen LogP contribution in [0.5, 0.6) is 0 Å². The summed E-state index contributed by atoms with van der Waals surface area (Å²) in [6.07, 6.45) is 3.70. The van der Waals surface area contributed by atoms with Crippen molar-refractivity contribution >= 4 is 23.2 Å². The number of aryl methyl sites for hydroxylation is 1. The van der Waals surface area contributed by atoms with E-state index in [0.717, 1.165) is 11.5 Å². The topological polar surface area (TPSA) is 41.4 Å². The zero-order valence-corrected chi connectivity index (χ0v) is 13.5. The van der Waals surface area contributed by atoms with Gasteiger partial charge in [-0.05, 0) is 19.1 Å². The highest BCUT2D eigenvalue weighted by Gasteiger charge is 2.31. The standard InChI is InChI=1S/C16H19ClN4O/c1-12-9-21(14-6-4-3-5-13(14)17)16(22)11-20(12)10-15-18-7-8-19(15)2/h3-8,12H,9-11H2,1-2H3. The lowest BCUT2D eigenvalue weighted by Gasteiger charge is -2.39. The van der Waals surface area contributed by atoms with Gasteiger partial charge in [0, 0.05) is 32.0 Å². The van der Waals surface area contributed by atoms with Crippen molar-refractivity contribution in [3.05, 3.63) is 47.5 Å². The molecule has 1 aromatic heterocycles. The summed E-state index contributed by atoms with van der Waals surface area (Å²) in [4.78, 5) is 20.8. The van der Waals surface area contributed by atoms with Crippen molar-refractivity contribution in [2.75, 3.05) is 18.0 Å². The van der Waals surface area contributed by atoms with Gasteiger partial charge in [-0.3, -0.25) is 9.69 Å². The predicted octanol–water partition coefficient (Wildman–Crippen LogP) is 2.31. The van der Waals surface area contributed by atoms with Crippen LogP contribution in [0.15, 0.2) is 36.7 Å². The number of rotatable bonds is 3. The highest BCUT2D eigenvalue weighted by molar-refractivity contribution is 6.33. The van der Waals surface area contributed by atoms with Crippen LogP contribution in [0.25, 0.3) is 0 Å². The largest absolute Gasteiger partial charge is 0.337 e. The lowest BCUT2D eigenvalue weighted by Crippen LogP contribution is -2.55. The van der Waals surface area contributed by atoms with Gasteiger partial charge >= 0.3 is 0 Å². The van der Waals surface area contributed by atoms with Gasteiger partial charge in [0.05, 0.1) is 23.8 Å². The Morgan fingerprint density at radius 1 is 1.36 bits per heavy atom. The molecule has 0 saturated carbocycles. The molecule has 2 aromatic rings. The molecule has 3 rings (SSSR count). The van der Waals surface area contributed by atoms with Crippen LogP contribution in [0.1, 0.15) is 12.7 Å². The summed E-state index contributed by atoms with van der Waals surface area (Å²) in [6.45, 7) is 3.80. The van der Waals surface area contributed by atoms with Crippen LogP contribution in [0.2, 0.25) is 5.02 Å². The molecule has 116 valence electrons. The van der Waals surface area contributed by atoms with Gasteiger partial charge in [0.2, 0.25) is 5.91 Å². The molecule has 22 heavy (non-hydrogen) atoms. The van der Waals surface area contributed by atoms with E-state index in [9.17, 15) is 4.79 Å². The average Bonchev–Trinajstić information content (AvgIpc) is 2.89. The Labute approximate surface area is 135 Å². The van der Waals surface area contributed by atoms with Crippen molar-refractivity contribution in [1.29, 1.82) is 0 Å². The van der Waals surface area contributed by atoms with Crippen molar-refractivity contribution < 1.29 is 4.79 Å². The van der Waals surface area contributed by atoms with Gasteiger partial charge in [-0.15, -0.1) is 0 Å². The summed E-state index contributed by atoms with van der Waals surface area (Å²) in [6, 6.07) is 7.72. The summed E-state index contributed by atoms with van der Waals surface area (Å²) in [7, 11) is 1.97. The molecule has 0 radical (unpaired) electrons. The molecule has 5 nitrogen and oxygen atoms in total.